The number of aromatic nitrogens is 2. The molecule has 0 aliphatic heterocycles. The standard InChI is InChI=1S/C9H16N4O2/c1-5(2)4-13-7(10)6(11-3)8(14)12-9(13)15/h5,11H,4,10H2,1-3H3,(H,12,14,15). The predicted molar refractivity (Wildman–Crippen MR) is 60.1 cm³/mol. The van der Waals surface area contributed by atoms with Gasteiger partial charge in [-0.25, -0.2) is 4.79 Å². The molecule has 0 amide bonds. The van der Waals surface area contributed by atoms with Crippen LogP contribution in [0, 0.1) is 5.92 Å². The van der Waals surface area contributed by atoms with Crippen molar-refractivity contribution in [1.82, 2.24) is 9.55 Å². The van der Waals surface area contributed by atoms with E-state index < -0.39 is 11.2 Å². The Bertz CT molecular complexity index is 458. The van der Waals surface area contributed by atoms with E-state index in [2.05, 4.69) is 10.3 Å². The number of nitrogens with zero attached hydrogens (tertiary/aromatic N) is 1. The van der Waals surface area contributed by atoms with Crippen molar-refractivity contribution < 1.29 is 0 Å². The van der Waals surface area contributed by atoms with Gasteiger partial charge in [0.25, 0.3) is 5.56 Å². The SMILES string of the molecule is CNc1c(N)n(CC(C)C)c(=O)[nH]c1=O. The van der Waals surface area contributed by atoms with Crippen molar-refractivity contribution in [2.75, 3.05) is 18.1 Å². The summed E-state index contributed by atoms with van der Waals surface area (Å²) < 4.78 is 1.36. The maximum absolute atomic E-state index is 11.5. The molecule has 0 atom stereocenters. The molecule has 0 saturated carbocycles. The highest BCUT2D eigenvalue weighted by molar-refractivity contribution is 5.59. The summed E-state index contributed by atoms with van der Waals surface area (Å²) in [6, 6.07) is 0. The summed E-state index contributed by atoms with van der Waals surface area (Å²) in [6.45, 7) is 4.42. The average Bonchev–Trinajstić information content (AvgIpc) is 2.12. The number of anilines is 2. The van der Waals surface area contributed by atoms with Crippen molar-refractivity contribution in [3.8, 4) is 0 Å². The van der Waals surface area contributed by atoms with E-state index in [9.17, 15) is 9.59 Å². The highest BCUT2D eigenvalue weighted by Crippen LogP contribution is 2.10. The van der Waals surface area contributed by atoms with Gasteiger partial charge in [0.2, 0.25) is 0 Å². The third-order valence-corrected chi connectivity index (χ3v) is 2.04. The van der Waals surface area contributed by atoms with Gasteiger partial charge in [0.1, 0.15) is 11.5 Å². The second-order valence-corrected chi connectivity index (χ2v) is 3.77. The first-order chi connectivity index (χ1) is 6.97. The van der Waals surface area contributed by atoms with Gasteiger partial charge < -0.3 is 11.1 Å². The largest absolute Gasteiger partial charge is 0.383 e. The molecule has 6 nitrogen and oxygen atoms in total. The summed E-state index contributed by atoms with van der Waals surface area (Å²) in [5.41, 5.74) is 5.00. The van der Waals surface area contributed by atoms with E-state index in [0.29, 0.717) is 6.54 Å². The molecule has 6 heteroatoms. The van der Waals surface area contributed by atoms with Crippen LogP contribution in [-0.4, -0.2) is 16.6 Å². The van der Waals surface area contributed by atoms with Crippen LogP contribution in [0.1, 0.15) is 13.8 Å². The van der Waals surface area contributed by atoms with E-state index in [0.717, 1.165) is 0 Å². The van der Waals surface area contributed by atoms with Crippen molar-refractivity contribution in [1.29, 1.82) is 0 Å². The molecule has 0 spiro atoms. The molecule has 0 fully saturated rings. The van der Waals surface area contributed by atoms with Gasteiger partial charge in [0, 0.05) is 13.6 Å². The molecule has 0 saturated heterocycles. The highest BCUT2D eigenvalue weighted by Gasteiger charge is 2.11. The fourth-order valence-electron chi connectivity index (χ4n) is 1.38. The molecule has 15 heavy (non-hydrogen) atoms. The van der Waals surface area contributed by atoms with E-state index in [1.54, 1.807) is 7.05 Å². The van der Waals surface area contributed by atoms with Gasteiger partial charge >= 0.3 is 5.69 Å². The highest BCUT2D eigenvalue weighted by atomic mass is 16.2. The van der Waals surface area contributed by atoms with Crippen molar-refractivity contribution >= 4 is 11.5 Å². The van der Waals surface area contributed by atoms with Crippen LogP contribution in [0.2, 0.25) is 0 Å². The molecule has 0 radical (unpaired) electrons. The number of rotatable bonds is 3. The molecule has 1 heterocycles. The monoisotopic (exact) mass is 212 g/mol. The molecule has 0 aliphatic carbocycles. The smallest absolute Gasteiger partial charge is 0.330 e. The molecular formula is C9H16N4O2. The van der Waals surface area contributed by atoms with Crippen LogP contribution in [0.3, 0.4) is 0 Å². The summed E-state index contributed by atoms with van der Waals surface area (Å²) in [4.78, 5) is 25.0. The van der Waals surface area contributed by atoms with Gasteiger partial charge in [-0.15, -0.1) is 0 Å². The molecule has 84 valence electrons. The van der Waals surface area contributed by atoms with Crippen LogP contribution in [0.4, 0.5) is 11.5 Å². The Labute approximate surface area is 87.1 Å². The van der Waals surface area contributed by atoms with Crippen LogP contribution in [-0.2, 0) is 6.54 Å². The van der Waals surface area contributed by atoms with Crippen molar-refractivity contribution in [2.24, 2.45) is 5.92 Å². The number of hydrogen-bond acceptors (Lipinski definition) is 4. The Balaban J connectivity index is 3.39. The van der Waals surface area contributed by atoms with E-state index in [1.807, 2.05) is 13.8 Å². The Morgan fingerprint density at radius 1 is 1.47 bits per heavy atom. The molecule has 0 bridgehead atoms. The lowest BCUT2D eigenvalue weighted by atomic mass is 10.2. The van der Waals surface area contributed by atoms with E-state index in [-0.39, 0.29) is 17.4 Å². The number of nitrogen functional groups attached to an aromatic ring is 1. The van der Waals surface area contributed by atoms with Crippen molar-refractivity contribution in [2.45, 2.75) is 20.4 Å². The van der Waals surface area contributed by atoms with Crippen LogP contribution in [0.5, 0.6) is 0 Å². The van der Waals surface area contributed by atoms with Gasteiger partial charge in [0.15, 0.2) is 0 Å². The maximum atomic E-state index is 11.5. The fourth-order valence-corrected chi connectivity index (χ4v) is 1.38. The minimum absolute atomic E-state index is 0.181. The Morgan fingerprint density at radius 3 is 2.53 bits per heavy atom. The minimum Gasteiger partial charge on any atom is -0.383 e. The third kappa shape index (κ3) is 2.20. The van der Waals surface area contributed by atoms with E-state index in [1.165, 1.54) is 4.57 Å². The molecule has 1 aromatic rings. The van der Waals surface area contributed by atoms with Gasteiger partial charge in [-0.2, -0.15) is 0 Å². The molecule has 1 rings (SSSR count). The zero-order valence-electron chi connectivity index (χ0n) is 9.13. The minimum atomic E-state index is -0.486. The summed E-state index contributed by atoms with van der Waals surface area (Å²) in [6.07, 6.45) is 0. The summed E-state index contributed by atoms with van der Waals surface area (Å²) in [7, 11) is 1.59. The Hall–Kier alpha value is -1.72. The molecule has 1 aromatic heterocycles. The lowest BCUT2D eigenvalue weighted by Crippen LogP contribution is -2.34. The molecular weight excluding hydrogens is 196 g/mol. The van der Waals surface area contributed by atoms with Crippen molar-refractivity contribution in [3.05, 3.63) is 20.8 Å². The van der Waals surface area contributed by atoms with Gasteiger partial charge in [-0.3, -0.25) is 14.3 Å². The second-order valence-electron chi connectivity index (χ2n) is 3.77. The third-order valence-electron chi connectivity index (χ3n) is 2.04. The van der Waals surface area contributed by atoms with Gasteiger partial charge in [0.05, 0.1) is 0 Å². The lowest BCUT2D eigenvalue weighted by molar-refractivity contribution is 0.508. The normalized spacial score (nSPS) is 10.7. The summed E-state index contributed by atoms with van der Waals surface area (Å²) in [5, 5.41) is 2.68. The number of nitrogens with one attached hydrogen (secondary N) is 2. The first-order valence-corrected chi connectivity index (χ1v) is 4.77. The molecule has 0 aliphatic rings. The maximum Gasteiger partial charge on any atom is 0.330 e. The molecule has 4 N–H and O–H groups in total. The van der Waals surface area contributed by atoms with Crippen LogP contribution in [0.15, 0.2) is 9.59 Å². The zero-order chi connectivity index (χ0) is 11.6. The predicted octanol–water partition coefficient (Wildman–Crippen LogP) is -0.183. The average molecular weight is 212 g/mol. The number of nitrogens with two attached hydrogens (primary N) is 1. The topological polar surface area (TPSA) is 92.9 Å². The molecule has 0 unspecified atom stereocenters. The quantitative estimate of drug-likeness (QED) is 0.647. The number of H-pyrrole nitrogens is 1. The lowest BCUT2D eigenvalue weighted by Gasteiger charge is -2.13. The van der Waals surface area contributed by atoms with E-state index >= 15 is 0 Å². The number of aromatic amines is 1. The first-order valence-electron chi connectivity index (χ1n) is 4.77. The second kappa shape index (κ2) is 4.20. The van der Waals surface area contributed by atoms with Crippen LogP contribution >= 0.6 is 0 Å². The Kier molecular flexibility index (Phi) is 3.18. The van der Waals surface area contributed by atoms with E-state index in [4.69, 9.17) is 5.73 Å². The van der Waals surface area contributed by atoms with Gasteiger partial charge in [-0.05, 0) is 5.92 Å². The summed E-state index contributed by atoms with van der Waals surface area (Å²) >= 11 is 0. The fraction of sp³-hybridized carbons (Fsp3) is 0.556. The molecule has 0 aromatic carbocycles. The van der Waals surface area contributed by atoms with Crippen LogP contribution in [0.25, 0.3) is 0 Å². The van der Waals surface area contributed by atoms with Crippen molar-refractivity contribution in [3.63, 3.8) is 0 Å². The first kappa shape index (κ1) is 11.4. The van der Waals surface area contributed by atoms with Crippen LogP contribution < -0.4 is 22.3 Å². The summed E-state index contributed by atoms with van der Waals surface area (Å²) in [5.74, 6) is 0.459. The van der Waals surface area contributed by atoms with Gasteiger partial charge in [-0.1, -0.05) is 13.8 Å². The number of hydrogen-bond donors (Lipinski definition) is 3. The Morgan fingerprint density at radius 2 is 2.07 bits per heavy atom. The zero-order valence-corrected chi connectivity index (χ0v) is 9.13.